The van der Waals surface area contributed by atoms with Crippen LogP contribution < -0.4 is 0 Å². The molecule has 2 aliphatic rings. The second-order valence-electron chi connectivity index (χ2n) is 4.50. The van der Waals surface area contributed by atoms with Crippen molar-refractivity contribution in [3.63, 3.8) is 0 Å². The van der Waals surface area contributed by atoms with E-state index >= 15 is 0 Å². The molecule has 1 heterocycles. The molecule has 1 spiro atoms. The average molecular weight is 264 g/mol. The van der Waals surface area contributed by atoms with Gasteiger partial charge in [0.15, 0.2) is 0 Å². The molecule has 2 atom stereocenters. The number of aliphatic hydroxyl groups is 1. The summed E-state index contributed by atoms with van der Waals surface area (Å²) in [6.45, 7) is 1.23. The molecule has 1 N–H and O–H groups in total. The molecule has 1 aliphatic carbocycles. The molecule has 0 bridgehead atoms. The van der Waals surface area contributed by atoms with Crippen LogP contribution in [-0.4, -0.2) is 35.5 Å². The maximum atomic E-state index is 9.79. The minimum Gasteiger partial charge on any atom is -0.389 e. The van der Waals surface area contributed by atoms with E-state index in [1.807, 2.05) is 24.3 Å². The first-order valence-electron chi connectivity index (χ1n) is 6.15. The number of hydrogen-bond acceptors (Lipinski definition) is 4. The summed E-state index contributed by atoms with van der Waals surface area (Å²) >= 11 is 1.70. The first-order valence-corrected chi connectivity index (χ1v) is 7.03. The van der Waals surface area contributed by atoms with E-state index in [9.17, 15) is 5.11 Å². The van der Waals surface area contributed by atoms with Gasteiger partial charge in [0.05, 0.1) is 24.6 Å². The third-order valence-electron chi connectivity index (χ3n) is 3.22. The van der Waals surface area contributed by atoms with Gasteiger partial charge in [0.2, 0.25) is 5.79 Å². The van der Waals surface area contributed by atoms with Crippen LogP contribution in [0.4, 0.5) is 0 Å². The van der Waals surface area contributed by atoms with Crippen molar-refractivity contribution in [1.82, 2.24) is 0 Å². The van der Waals surface area contributed by atoms with Crippen LogP contribution in [0.15, 0.2) is 47.4 Å². The number of aliphatic hydroxyl groups excluding tert-OH is 1. The molecule has 3 nitrogen and oxygen atoms in total. The van der Waals surface area contributed by atoms with Gasteiger partial charge in [-0.2, -0.15) is 0 Å². The van der Waals surface area contributed by atoms with Crippen LogP contribution in [0.3, 0.4) is 0 Å². The fourth-order valence-corrected chi connectivity index (χ4v) is 3.65. The summed E-state index contributed by atoms with van der Waals surface area (Å²) in [4.78, 5) is 1.17. The van der Waals surface area contributed by atoms with Crippen LogP contribution in [0.25, 0.3) is 0 Å². The highest BCUT2D eigenvalue weighted by Crippen LogP contribution is 2.41. The van der Waals surface area contributed by atoms with Crippen LogP contribution in [0.2, 0.25) is 0 Å². The zero-order valence-corrected chi connectivity index (χ0v) is 10.8. The monoisotopic (exact) mass is 264 g/mol. The SMILES string of the molecule is O[C@@H]1C=CC2(OCCO2)[C@H](Sc2ccccc2)C1. The Labute approximate surface area is 111 Å². The van der Waals surface area contributed by atoms with E-state index in [4.69, 9.17) is 9.47 Å². The summed E-state index contributed by atoms with van der Waals surface area (Å²) in [5.74, 6) is -0.653. The van der Waals surface area contributed by atoms with Gasteiger partial charge in [-0.1, -0.05) is 24.3 Å². The van der Waals surface area contributed by atoms with Crippen molar-refractivity contribution in [3.8, 4) is 0 Å². The van der Waals surface area contributed by atoms with Gasteiger partial charge in [-0.25, -0.2) is 0 Å². The Morgan fingerprint density at radius 3 is 2.61 bits per heavy atom. The second kappa shape index (κ2) is 5.05. The lowest BCUT2D eigenvalue weighted by atomic mass is 9.99. The van der Waals surface area contributed by atoms with Crippen molar-refractivity contribution < 1.29 is 14.6 Å². The fourth-order valence-electron chi connectivity index (χ4n) is 2.33. The molecule has 96 valence electrons. The van der Waals surface area contributed by atoms with Gasteiger partial charge in [0.25, 0.3) is 0 Å². The zero-order chi connectivity index (χ0) is 12.4. The van der Waals surface area contributed by atoms with Gasteiger partial charge in [-0.05, 0) is 24.6 Å². The molecule has 1 fully saturated rings. The quantitative estimate of drug-likeness (QED) is 0.831. The van der Waals surface area contributed by atoms with Gasteiger partial charge in [0.1, 0.15) is 0 Å². The van der Waals surface area contributed by atoms with Crippen LogP contribution in [0, 0.1) is 0 Å². The van der Waals surface area contributed by atoms with Crippen LogP contribution in [0.5, 0.6) is 0 Å². The van der Waals surface area contributed by atoms with Gasteiger partial charge in [-0.15, -0.1) is 11.8 Å². The summed E-state index contributed by atoms with van der Waals surface area (Å²) in [5.41, 5.74) is 0. The summed E-state index contributed by atoms with van der Waals surface area (Å²) in [5, 5.41) is 9.88. The Morgan fingerprint density at radius 2 is 1.89 bits per heavy atom. The van der Waals surface area contributed by atoms with E-state index < -0.39 is 11.9 Å². The van der Waals surface area contributed by atoms with E-state index in [1.165, 1.54) is 4.90 Å². The Balaban J connectivity index is 1.82. The Kier molecular flexibility index (Phi) is 3.43. The molecule has 1 saturated heterocycles. The Morgan fingerprint density at radius 1 is 1.17 bits per heavy atom. The summed E-state index contributed by atoms with van der Waals surface area (Å²) in [6.07, 6.45) is 3.88. The van der Waals surface area contributed by atoms with Crippen LogP contribution >= 0.6 is 11.8 Å². The molecule has 1 aliphatic heterocycles. The number of benzene rings is 1. The lowest BCUT2D eigenvalue weighted by molar-refractivity contribution is -0.124. The van der Waals surface area contributed by atoms with Crippen molar-refractivity contribution >= 4 is 11.8 Å². The molecular formula is C14H16O3S. The predicted octanol–water partition coefficient (Wildman–Crippen LogP) is 2.21. The van der Waals surface area contributed by atoms with Crippen LogP contribution in [-0.2, 0) is 9.47 Å². The van der Waals surface area contributed by atoms with E-state index in [0.717, 1.165) is 0 Å². The number of thioether (sulfide) groups is 1. The fraction of sp³-hybridized carbons (Fsp3) is 0.429. The van der Waals surface area contributed by atoms with E-state index in [2.05, 4.69) is 12.1 Å². The second-order valence-corrected chi connectivity index (χ2v) is 5.78. The van der Waals surface area contributed by atoms with Gasteiger partial charge < -0.3 is 14.6 Å². The highest BCUT2D eigenvalue weighted by Gasteiger charge is 2.45. The van der Waals surface area contributed by atoms with Crippen molar-refractivity contribution in [2.45, 2.75) is 28.5 Å². The highest BCUT2D eigenvalue weighted by atomic mass is 32.2. The zero-order valence-electron chi connectivity index (χ0n) is 9.99. The summed E-state index contributed by atoms with van der Waals surface area (Å²) in [6, 6.07) is 10.2. The third kappa shape index (κ3) is 2.34. The topological polar surface area (TPSA) is 38.7 Å². The smallest absolute Gasteiger partial charge is 0.200 e. The highest BCUT2D eigenvalue weighted by molar-refractivity contribution is 8.00. The first kappa shape index (κ1) is 12.2. The van der Waals surface area contributed by atoms with Gasteiger partial charge >= 0.3 is 0 Å². The lowest BCUT2D eigenvalue weighted by Gasteiger charge is -2.36. The van der Waals surface area contributed by atoms with E-state index in [0.29, 0.717) is 19.6 Å². The normalized spacial score (nSPS) is 29.8. The van der Waals surface area contributed by atoms with E-state index in [1.54, 1.807) is 17.8 Å². The summed E-state index contributed by atoms with van der Waals surface area (Å²) in [7, 11) is 0. The molecule has 0 radical (unpaired) electrons. The van der Waals surface area contributed by atoms with Crippen molar-refractivity contribution in [2.75, 3.05) is 13.2 Å². The van der Waals surface area contributed by atoms with Crippen molar-refractivity contribution in [3.05, 3.63) is 42.5 Å². The molecule has 1 aromatic rings. The summed E-state index contributed by atoms with van der Waals surface area (Å²) < 4.78 is 11.5. The Hall–Kier alpha value is -0.810. The number of rotatable bonds is 2. The molecule has 0 unspecified atom stereocenters. The molecule has 4 heteroatoms. The van der Waals surface area contributed by atoms with Crippen LogP contribution in [0.1, 0.15) is 6.42 Å². The molecule has 18 heavy (non-hydrogen) atoms. The average Bonchev–Trinajstić information content (AvgIpc) is 2.85. The van der Waals surface area contributed by atoms with Crippen molar-refractivity contribution in [1.29, 1.82) is 0 Å². The molecule has 0 aromatic heterocycles. The van der Waals surface area contributed by atoms with Gasteiger partial charge in [0, 0.05) is 4.90 Å². The minimum atomic E-state index is -0.653. The predicted molar refractivity (Wildman–Crippen MR) is 70.5 cm³/mol. The number of ether oxygens (including phenoxy) is 2. The molecule has 0 saturated carbocycles. The third-order valence-corrected chi connectivity index (χ3v) is 4.57. The standard InChI is InChI=1S/C14H16O3S/c15-11-6-7-14(16-8-9-17-14)13(10-11)18-12-4-2-1-3-5-12/h1-7,11,13,15H,8-10H2/t11-,13-/m1/s1. The van der Waals surface area contributed by atoms with Crippen molar-refractivity contribution in [2.24, 2.45) is 0 Å². The minimum absolute atomic E-state index is 0.0856. The maximum Gasteiger partial charge on any atom is 0.200 e. The largest absolute Gasteiger partial charge is 0.389 e. The molecule has 1 aromatic carbocycles. The molecular weight excluding hydrogens is 248 g/mol. The Bertz CT molecular complexity index is 426. The molecule has 3 rings (SSSR count). The molecule has 0 amide bonds. The number of hydrogen-bond donors (Lipinski definition) is 1. The van der Waals surface area contributed by atoms with E-state index in [-0.39, 0.29) is 5.25 Å². The lowest BCUT2D eigenvalue weighted by Crippen LogP contribution is -2.44. The van der Waals surface area contributed by atoms with Gasteiger partial charge in [-0.3, -0.25) is 0 Å². The maximum absolute atomic E-state index is 9.79. The first-order chi connectivity index (χ1) is 8.78.